The predicted molar refractivity (Wildman–Crippen MR) is 80.3 cm³/mol. The van der Waals surface area contributed by atoms with Gasteiger partial charge < -0.3 is 9.47 Å². The predicted octanol–water partition coefficient (Wildman–Crippen LogP) is 2.72. The molecule has 1 fully saturated rings. The first-order valence-electron chi connectivity index (χ1n) is 6.49. The second-order valence-electron chi connectivity index (χ2n) is 4.48. The number of hydrazone groups is 1. The average molecular weight is 341 g/mol. The maximum absolute atomic E-state index is 11.4. The molecule has 0 saturated heterocycles. The van der Waals surface area contributed by atoms with Crippen LogP contribution in [0.4, 0.5) is 0 Å². The van der Waals surface area contributed by atoms with Crippen LogP contribution in [0.5, 0.6) is 11.5 Å². The van der Waals surface area contributed by atoms with E-state index in [0.717, 1.165) is 22.9 Å². The number of rotatable bonds is 6. The molecular formula is C14H17BrN2O3. The summed E-state index contributed by atoms with van der Waals surface area (Å²) in [7, 11) is 1.58. The summed E-state index contributed by atoms with van der Waals surface area (Å²) in [4.78, 5) is 11.4. The summed E-state index contributed by atoms with van der Waals surface area (Å²) in [6, 6.07) is 3.67. The third kappa shape index (κ3) is 3.72. The molecule has 0 bridgehead atoms. The number of amides is 1. The van der Waals surface area contributed by atoms with Crippen LogP contribution in [0.2, 0.25) is 0 Å². The Morgan fingerprint density at radius 1 is 1.55 bits per heavy atom. The molecule has 20 heavy (non-hydrogen) atoms. The number of ether oxygens (including phenoxy) is 2. The Morgan fingerprint density at radius 3 is 2.90 bits per heavy atom. The van der Waals surface area contributed by atoms with Crippen molar-refractivity contribution in [2.24, 2.45) is 11.0 Å². The smallest absolute Gasteiger partial charge is 0.243 e. The largest absolute Gasteiger partial charge is 0.493 e. The molecule has 1 aromatic rings. The van der Waals surface area contributed by atoms with Crippen LogP contribution in [0.25, 0.3) is 0 Å². The van der Waals surface area contributed by atoms with Gasteiger partial charge in [0.1, 0.15) is 0 Å². The number of benzene rings is 1. The molecule has 6 heteroatoms. The fraction of sp³-hybridized carbons (Fsp3) is 0.429. The van der Waals surface area contributed by atoms with E-state index in [0.29, 0.717) is 18.1 Å². The van der Waals surface area contributed by atoms with Crippen LogP contribution in [0.1, 0.15) is 25.3 Å². The van der Waals surface area contributed by atoms with Crippen molar-refractivity contribution in [3.05, 3.63) is 22.2 Å². The van der Waals surface area contributed by atoms with E-state index in [1.165, 1.54) is 0 Å². The fourth-order valence-electron chi connectivity index (χ4n) is 1.71. The van der Waals surface area contributed by atoms with Crippen LogP contribution < -0.4 is 14.9 Å². The summed E-state index contributed by atoms with van der Waals surface area (Å²) in [5, 5.41) is 3.95. The van der Waals surface area contributed by atoms with Crippen molar-refractivity contribution >= 4 is 28.1 Å². The van der Waals surface area contributed by atoms with Crippen LogP contribution in [-0.2, 0) is 4.79 Å². The van der Waals surface area contributed by atoms with Crippen molar-refractivity contribution in [2.75, 3.05) is 13.7 Å². The number of carbonyl (C=O) groups is 1. The fourth-order valence-corrected chi connectivity index (χ4v) is 2.28. The Balaban J connectivity index is 2.09. The van der Waals surface area contributed by atoms with Crippen LogP contribution in [0.3, 0.4) is 0 Å². The van der Waals surface area contributed by atoms with Crippen molar-refractivity contribution in [1.82, 2.24) is 5.43 Å². The number of nitrogens with one attached hydrogen (secondary N) is 1. The van der Waals surface area contributed by atoms with Gasteiger partial charge in [0.25, 0.3) is 0 Å². The van der Waals surface area contributed by atoms with E-state index >= 15 is 0 Å². The molecule has 0 unspecified atom stereocenters. The first-order valence-corrected chi connectivity index (χ1v) is 7.28. The minimum Gasteiger partial charge on any atom is -0.493 e. The number of nitrogens with zero attached hydrogens (tertiary/aromatic N) is 1. The second kappa shape index (κ2) is 6.74. The van der Waals surface area contributed by atoms with Crippen molar-refractivity contribution in [3.63, 3.8) is 0 Å². The number of hydrogen-bond donors (Lipinski definition) is 1. The van der Waals surface area contributed by atoms with Gasteiger partial charge in [0.15, 0.2) is 11.5 Å². The summed E-state index contributed by atoms with van der Waals surface area (Å²) < 4.78 is 11.6. The first kappa shape index (κ1) is 14.8. The van der Waals surface area contributed by atoms with E-state index in [2.05, 4.69) is 26.5 Å². The Hall–Kier alpha value is -1.56. The molecule has 0 radical (unpaired) electrons. The molecular weight excluding hydrogens is 324 g/mol. The molecule has 1 aliphatic rings. The summed E-state index contributed by atoms with van der Waals surface area (Å²) in [6.07, 6.45) is 3.51. The highest BCUT2D eigenvalue weighted by Crippen LogP contribution is 2.36. The Morgan fingerprint density at radius 2 is 2.30 bits per heavy atom. The molecule has 0 heterocycles. The molecule has 0 spiro atoms. The standard InChI is InChI=1S/C14H17BrN2O3/c1-3-20-13-11(15)6-9(7-12(13)19-2)8-16-17-14(18)10-4-5-10/h6-8,10H,3-5H2,1-2H3,(H,17,18)/b16-8-. The van der Waals surface area contributed by atoms with E-state index in [4.69, 9.17) is 9.47 Å². The lowest BCUT2D eigenvalue weighted by molar-refractivity contribution is -0.122. The minimum atomic E-state index is -0.0155. The zero-order chi connectivity index (χ0) is 14.5. The Bertz CT molecular complexity index is 527. The molecule has 0 aliphatic heterocycles. The topological polar surface area (TPSA) is 59.9 Å². The Labute approximate surface area is 126 Å². The number of hydrogen-bond acceptors (Lipinski definition) is 4. The summed E-state index contributed by atoms with van der Waals surface area (Å²) >= 11 is 3.44. The van der Waals surface area contributed by atoms with Crippen molar-refractivity contribution in [2.45, 2.75) is 19.8 Å². The zero-order valence-electron chi connectivity index (χ0n) is 11.5. The summed E-state index contributed by atoms with van der Waals surface area (Å²) in [6.45, 7) is 2.47. The molecule has 1 aromatic carbocycles. The maximum Gasteiger partial charge on any atom is 0.243 e. The Kier molecular flexibility index (Phi) is 5.00. The van der Waals surface area contributed by atoms with E-state index in [9.17, 15) is 4.79 Å². The van der Waals surface area contributed by atoms with Crippen molar-refractivity contribution in [3.8, 4) is 11.5 Å². The van der Waals surface area contributed by atoms with Gasteiger partial charge in [0, 0.05) is 5.92 Å². The molecule has 2 rings (SSSR count). The van der Waals surface area contributed by atoms with Gasteiger partial charge in [-0.3, -0.25) is 4.79 Å². The zero-order valence-corrected chi connectivity index (χ0v) is 13.1. The lowest BCUT2D eigenvalue weighted by atomic mass is 10.2. The number of methoxy groups -OCH3 is 1. The van der Waals surface area contributed by atoms with Gasteiger partial charge in [0.2, 0.25) is 5.91 Å². The summed E-state index contributed by atoms with van der Waals surface area (Å²) in [5.74, 6) is 1.41. The van der Waals surface area contributed by atoms with Gasteiger partial charge in [-0.05, 0) is 53.4 Å². The molecule has 1 saturated carbocycles. The normalized spacial score (nSPS) is 14.3. The van der Waals surface area contributed by atoms with Crippen LogP contribution >= 0.6 is 15.9 Å². The van der Waals surface area contributed by atoms with Gasteiger partial charge in [-0.2, -0.15) is 5.10 Å². The molecule has 1 N–H and O–H groups in total. The van der Waals surface area contributed by atoms with Gasteiger partial charge in [-0.15, -0.1) is 0 Å². The van der Waals surface area contributed by atoms with Gasteiger partial charge >= 0.3 is 0 Å². The first-order chi connectivity index (χ1) is 9.65. The van der Waals surface area contributed by atoms with Gasteiger partial charge in [-0.1, -0.05) is 0 Å². The highest BCUT2D eigenvalue weighted by molar-refractivity contribution is 9.10. The van der Waals surface area contributed by atoms with Gasteiger partial charge in [-0.25, -0.2) is 5.43 Å². The lowest BCUT2D eigenvalue weighted by Gasteiger charge is -2.11. The third-order valence-corrected chi connectivity index (χ3v) is 3.47. The highest BCUT2D eigenvalue weighted by Gasteiger charge is 2.29. The van der Waals surface area contributed by atoms with Crippen LogP contribution in [-0.4, -0.2) is 25.8 Å². The molecule has 1 amide bonds. The third-order valence-electron chi connectivity index (χ3n) is 2.88. The SMILES string of the molecule is CCOc1c(Br)cc(/C=N\NC(=O)C2CC2)cc1OC. The van der Waals surface area contributed by atoms with E-state index in [1.807, 2.05) is 19.1 Å². The molecule has 5 nitrogen and oxygen atoms in total. The highest BCUT2D eigenvalue weighted by atomic mass is 79.9. The van der Waals surface area contributed by atoms with E-state index in [1.54, 1.807) is 13.3 Å². The molecule has 0 atom stereocenters. The quantitative estimate of drug-likeness (QED) is 0.639. The van der Waals surface area contributed by atoms with Crippen LogP contribution in [0.15, 0.2) is 21.7 Å². The maximum atomic E-state index is 11.4. The van der Waals surface area contributed by atoms with Crippen molar-refractivity contribution in [1.29, 1.82) is 0 Å². The minimum absolute atomic E-state index is 0.0155. The number of halogens is 1. The molecule has 1 aliphatic carbocycles. The van der Waals surface area contributed by atoms with Gasteiger partial charge in [0.05, 0.1) is 24.4 Å². The van der Waals surface area contributed by atoms with E-state index in [-0.39, 0.29) is 11.8 Å². The number of carbonyl (C=O) groups excluding carboxylic acids is 1. The van der Waals surface area contributed by atoms with Crippen molar-refractivity contribution < 1.29 is 14.3 Å². The monoisotopic (exact) mass is 340 g/mol. The lowest BCUT2D eigenvalue weighted by Crippen LogP contribution is -2.18. The molecule has 108 valence electrons. The summed E-state index contributed by atoms with van der Waals surface area (Å²) in [5.41, 5.74) is 3.35. The van der Waals surface area contributed by atoms with E-state index < -0.39 is 0 Å². The van der Waals surface area contributed by atoms with Crippen LogP contribution in [0, 0.1) is 5.92 Å². The molecule has 0 aromatic heterocycles. The average Bonchev–Trinajstić information content (AvgIpc) is 3.25. The second-order valence-corrected chi connectivity index (χ2v) is 5.33.